The molecule has 0 aromatic heterocycles. The molecule has 2 nitrogen and oxygen atoms in total. The van der Waals surface area contributed by atoms with Crippen molar-refractivity contribution >= 4 is 0 Å². The van der Waals surface area contributed by atoms with Crippen molar-refractivity contribution in [1.29, 1.82) is 0 Å². The molecule has 1 fully saturated rings. The molecule has 0 spiro atoms. The van der Waals surface area contributed by atoms with Crippen molar-refractivity contribution in [1.82, 2.24) is 5.32 Å². The third kappa shape index (κ3) is 1.74. The maximum Gasteiger partial charge on any atom is 0.0132 e. The summed E-state index contributed by atoms with van der Waals surface area (Å²) in [4.78, 5) is 0. The number of nitrogens with one attached hydrogen (secondary N) is 1. The van der Waals surface area contributed by atoms with E-state index in [9.17, 15) is 0 Å². The monoisotopic (exact) mass is 156 g/mol. The molecule has 1 unspecified atom stereocenters. The summed E-state index contributed by atoms with van der Waals surface area (Å²) < 4.78 is 0. The minimum atomic E-state index is 0.477. The largest absolute Gasteiger partial charge is 0.330 e. The molecule has 0 aliphatic heterocycles. The smallest absolute Gasteiger partial charge is 0.0132 e. The van der Waals surface area contributed by atoms with E-state index in [2.05, 4.69) is 19.3 Å². The van der Waals surface area contributed by atoms with E-state index in [1.54, 1.807) is 0 Å². The Hall–Kier alpha value is -0.0800. The molecule has 0 heterocycles. The van der Waals surface area contributed by atoms with E-state index in [0.717, 1.165) is 6.54 Å². The molecule has 1 saturated carbocycles. The summed E-state index contributed by atoms with van der Waals surface area (Å²) in [5.41, 5.74) is 6.21. The fourth-order valence-corrected chi connectivity index (χ4v) is 1.90. The minimum Gasteiger partial charge on any atom is -0.330 e. The average molecular weight is 156 g/mol. The normalized spacial score (nSPS) is 23.2. The second-order valence-electron chi connectivity index (χ2n) is 3.70. The molecular formula is C9H20N2. The first-order valence-electron chi connectivity index (χ1n) is 4.66. The maximum atomic E-state index is 5.74. The lowest BCUT2D eigenvalue weighted by molar-refractivity contribution is 0.336. The molecule has 0 saturated heterocycles. The Morgan fingerprint density at radius 3 is 2.45 bits per heavy atom. The van der Waals surface area contributed by atoms with Gasteiger partial charge in [0.25, 0.3) is 0 Å². The zero-order valence-corrected chi connectivity index (χ0v) is 7.69. The first-order valence-corrected chi connectivity index (χ1v) is 4.66. The minimum absolute atomic E-state index is 0.477. The highest BCUT2D eigenvalue weighted by Crippen LogP contribution is 2.48. The van der Waals surface area contributed by atoms with Gasteiger partial charge in [0.15, 0.2) is 0 Å². The van der Waals surface area contributed by atoms with Gasteiger partial charge in [-0.2, -0.15) is 0 Å². The number of hydrogen-bond donors (Lipinski definition) is 2. The predicted octanol–water partition coefficient (Wildman–Crippen LogP) is 1.11. The van der Waals surface area contributed by atoms with Gasteiger partial charge in [-0.25, -0.2) is 0 Å². The lowest BCUT2D eigenvalue weighted by Crippen LogP contribution is -2.39. The summed E-state index contributed by atoms with van der Waals surface area (Å²) in [5.74, 6) is 0. The third-order valence-corrected chi connectivity index (χ3v) is 2.96. The zero-order valence-electron chi connectivity index (χ0n) is 7.69. The molecule has 1 aliphatic rings. The van der Waals surface area contributed by atoms with Crippen LogP contribution in [0, 0.1) is 5.41 Å². The summed E-state index contributed by atoms with van der Waals surface area (Å²) in [6, 6.07) is 0.664. The Balaban J connectivity index is 2.40. The average Bonchev–Trinajstić information content (AvgIpc) is 2.81. The molecule has 66 valence electrons. The molecule has 3 N–H and O–H groups in total. The van der Waals surface area contributed by atoms with E-state index in [0.29, 0.717) is 11.5 Å². The van der Waals surface area contributed by atoms with Crippen LogP contribution in [0.5, 0.6) is 0 Å². The van der Waals surface area contributed by atoms with Crippen LogP contribution in [0.3, 0.4) is 0 Å². The highest BCUT2D eigenvalue weighted by Gasteiger charge is 2.46. The number of hydrogen-bond acceptors (Lipinski definition) is 2. The van der Waals surface area contributed by atoms with E-state index < -0.39 is 0 Å². The highest BCUT2D eigenvalue weighted by atomic mass is 14.9. The topological polar surface area (TPSA) is 38.0 Å². The molecule has 0 aromatic carbocycles. The van der Waals surface area contributed by atoms with E-state index in [-0.39, 0.29) is 0 Å². The first kappa shape index (κ1) is 9.01. The van der Waals surface area contributed by atoms with Gasteiger partial charge in [-0.1, -0.05) is 13.3 Å². The van der Waals surface area contributed by atoms with Crippen LogP contribution < -0.4 is 11.1 Å². The quantitative estimate of drug-likeness (QED) is 0.626. The van der Waals surface area contributed by atoms with Crippen molar-refractivity contribution in [3.63, 3.8) is 0 Å². The summed E-state index contributed by atoms with van der Waals surface area (Å²) >= 11 is 0. The van der Waals surface area contributed by atoms with E-state index >= 15 is 0 Å². The van der Waals surface area contributed by atoms with Gasteiger partial charge in [-0.15, -0.1) is 0 Å². The van der Waals surface area contributed by atoms with Crippen LogP contribution in [0.25, 0.3) is 0 Å². The lowest BCUT2D eigenvalue weighted by Gasteiger charge is -2.24. The molecule has 1 aliphatic carbocycles. The molecule has 0 aromatic rings. The van der Waals surface area contributed by atoms with Crippen molar-refractivity contribution in [2.45, 2.75) is 38.6 Å². The molecular weight excluding hydrogens is 136 g/mol. The second kappa shape index (κ2) is 3.55. The second-order valence-corrected chi connectivity index (χ2v) is 3.70. The molecule has 0 amide bonds. The Labute approximate surface area is 69.5 Å². The van der Waals surface area contributed by atoms with Crippen LogP contribution >= 0.6 is 0 Å². The summed E-state index contributed by atoms with van der Waals surface area (Å²) in [7, 11) is 2.05. The molecule has 11 heavy (non-hydrogen) atoms. The number of rotatable bonds is 5. The summed E-state index contributed by atoms with van der Waals surface area (Å²) in [5, 5.41) is 3.38. The van der Waals surface area contributed by atoms with Crippen LogP contribution in [-0.4, -0.2) is 19.6 Å². The standard InChI is InChI=1S/C9H20N2/c1-3-4-8(11-2)9(7-10)5-6-9/h8,11H,3-7,10H2,1-2H3. The van der Waals surface area contributed by atoms with Crippen LogP contribution in [0.1, 0.15) is 32.6 Å². The van der Waals surface area contributed by atoms with Gasteiger partial charge < -0.3 is 11.1 Å². The van der Waals surface area contributed by atoms with Crippen LogP contribution in [0.2, 0.25) is 0 Å². The molecule has 0 bridgehead atoms. The highest BCUT2D eigenvalue weighted by molar-refractivity contribution is 5.02. The van der Waals surface area contributed by atoms with Crippen molar-refractivity contribution in [2.75, 3.05) is 13.6 Å². The van der Waals surface area contributed by atoms with Crippen molar-refractivity contribution < 1.29 is 0 Å². The van der Waals surface area contributed by atoms with E-state index in [4.69, 9.17) is 5.73 Å². The Bertz CT molecular complexity index is 119. The van der Waals surface area contributed by atoms with Gasteiger partial charge >= 0.3 is 0 Å². The van der Waals surface area contributed by atoms with Crippen molar-refractivity contribution in [2.24, 2.45) is 11.1 Å². The van der Waals surface area contributed by atoms with Gasteiger partial charge in [0, 0.05) is 6.04 Å². The van der Waals surface area contributed by atoms with Gasteiger partial charge in [0.1, 0.15) is 0 Å². The summed E-state index contributed by atoms with van der Waals surface area (Å²) in [6.07, 6.45) is 5.19. The number of nitrogens with two attached hydrogens (primary N) is 1. The SMILES string of the molecule is CCCC(NC)C1(CN)CC1. The van der Waals surface area contributed by atoms with E-state index in [1.165, 1.54) is 25.7 Å². The Morgan fingerprint density at radius 2 is 2.18 bits per heavy atom. The van der Waals surface area contributed by atoms with Crippen LogP contribution in [0.15, 0.2) is 0 Å². The van der Waals surface area contributed by atoms with Gasteiger partial charge in [0.05, 0.1) is 0 Å². The van der Waals surface area contributed by atoms with Gasteiger partial charge in [-0.3, -0.25) is 0 Å². The van der Waals surface area contributed by atoms with E-state index in [1.807, 2.05) is 0 Å². The van der Waals surface area contributed by atoms with Crippen molar-refractivity contribution in [3.05, 3.63) is 0 Å². The van der Waals surface area contributed by atoms with Gasteiger partial charge in [-0.05, 0) is 38.3 Å². The lowest BCUT2D eigenvalue weighted by atomic mass is 9.93. The Morgan fingerprint density at radius 1 is 1.55 bits per heavy atom. The fourth-order valence-electron chi connectivity index (χ4n) is 1.90. The molecule has 1 rings (SSSR count). The summed E-state index contributed by atoms with van der Waals surface area (Å²) in [6.45, 7) is 3.09. The molecule has 1 atom stereocenters. The molecule has 0 radical (unpaired) electrons. The third-order valence-electron chi connectivity index (χ3n) is 2.96. The molecule has 2 heteroatoms. The van der Waals surface area contributed by atoms with Crippen LogP contribution in [-0.2, 0) is 0 Å². The van der Waals surface area contributed by atoms with Crippen LogP contribution in [0.4, 0.5) is 0 Å². The zero-order chi connectivity index (χ0) is 8.32. The van der Waals surface area contributed by atoms with Gasteiger partial charge in [0.2, 0.25) is 0 Å². The predicted molar refractivity (Wildman–Crippen MR) is 48.5 cm³/mol. The first-order chi connectivity index (χ1) is 5.29. The van der Waals surface area contributed by atoms with Crippen molar-refractivity contribution in [3.8, 4) is 0 Å². The maximum absolute atomic E-state index is 5.74. The fraction of sp³-hybridized carbons (Fsp3) is 1.00. The Kier molecular flexibility index (Phi) is 2.90.